The maximum Gasteiger partial charge on any atom is 0.427 e. The van der Waals surface area contributed by atoms with Gasteiger partial charge in [-0.05, 0) is 0 Å². The molecule has 0 aliphatic heterocycles. The van der Waals surface area contributed by atoms with E-state index < -0.39 is 19.4 Å². The maximum atomic E-state index is 10.0. The van der Waals surface area contributed by atoms with Crippen LogP contribution in [0.5, 0.6) is 0 Å². The predicted molar refractivity (Wildman–Crippen MR) is 32.0 cm³/mol. The molecule has 0 spiro atoms. The fourth-order valence-electron chi connectivity index (χ4n) is 0.224. The van der Waals surface area contributed by atoms with Gasteiger partial charge in [-0.3, -0.25) is 5.09 Å². The van der Waals surface area contributed by atoms with Crippen molar-refractivity contribution in [1.29, 1.82) is 0 Å². The summed E-state index contributed by atoms with van der Waals surface area (Å²) in [5.41, 5.74) is -0.728. The van der Waals surface area contributed by atoms with E-state index >= 15 is 0 Å². The summed E-state index contributed by atoms with van der Waals surface area (Å²) in [4.78, 5) is 26.1. The van der Waals surface area contributed by atoms with Crippen LogP contribution in [0, 0.1) is 0 Å². The molecule has 0 rings (SSSR count). The number of nitrogens with one attached hydrogen (secondary N) is 1. The first kappa shape index (κ1) is 9.16. The quantitative estimate of drug-likeness (QED) is 0.326. The van der Waals surface area contributed by atoms with Crippen LogP contribution < -0.4 is 5.09 Å². The monoisotopic (exact) mass is 167 g/mol. The summed E-state index contributed by atoms with van der Waals surface area (Å²) in [6, 6.07) is 0. The number of rotatable bonds is 3. The van der Waals surface area contributed by atoms with E-state index in [1.165, 1.54) is 5.09 Å². The van der Waals surface area contributed by atoms with Crippen LogP contribution in [-0.2, 0) is 9.36 Å². The van der Waals surface area contributed by atoms with Crippen LogP contribution in [0.4, 0.5) is 0 Å². The van der Waals surface area contributed by atoms with Crippen molar-refractivity contribution >= 4 is 13.7 Å². The number of hydrogen-bond donors (Lipinski definition) is 4. The summed E-state index contributed by atoms with van der Waals surface area (Å²) < 4.78 is 10.0. The van der Waals surface area contributed by atoms with Crippen LogP contribution >= 0.6 is 7.75 Å². The molecule has 10 heavy (non-hydrogen) atoms. The Morgan fingerprint density at radius 3 is 2.00 bits per heavy atom. The van der Waals surface area contributed by atoms with Crippen LogP contribution in [0.1, 0.15) is 0 Å². The molecule has 58 valence electrons. The third-order valence-electron chi connectivity index (χ3n) is 0.539. The molecule has 0 bridgehead atoms. The van der Waals surface area contributed by atoms with Gasteiger partial charge in [-0.2, -0.15) is 0 Å². The van der Waals surface area contributed by atoms with Gasteiger partial charge < -0.3 is 14.9 Å². The van der Waals surface area contributed by atoms with Crippen molar-refractivity contribution < 1.29 is 24.3 Å². The Balaban J connectivity index is 4.07. The second-order valence-corrected chi connectivity index (χ2v) is 2.75. The van der Waals surface area contributed by atoms with Gasteiger partial charge in [-0.15, -0.1) is 0 Å². The standard InChI is InChI=1S/C3H6NO5P/c1-2(3(5)6)4-10(7,8)9/h1H2,(H,5,6)(H3,4,7,8,9). The van der Waals surface area contributed by atoms with Gasteiger partial charge in [0.1, 0.15) is 5.70 Å². The van der Waals surface area contributed by atoms with Crippen LogP contribution in [0.3, 0.4) is 0 Å². The number of aliphatic carboxylic acids is 1. The lowest BCUT2D eigenvalue weighted by Gasteiger charge is -2.05. The molecule has 4 N–H and O–H groups in total. The molecule has 0 aromatic rings. The lowest BCUT2D eigenvalue weighted by atomic mass is 10.5. The van der Waals surface area contributed by atoms with Crippen LogP contribution in [0.25, 0.3) is 0 Å². The van der Waals surface area contributed by atoms with Crippen molar-refractivity contribution in [1.82, 2.24) is 5.09 Å². The van der Waals surface area contributed by atoms with E-state index in [9.17, 15) is 9.36 Å². The molecular formula is C3H6NO5P. The van der Waals surface area contributed by atoms with Gasteiger partial charge in [0.25, 0.3) is 0 Å². The highest BCUT2D eigenvalue weighted by Gasteiger charge is 2.16. The molecule has 0 heterocycles. The third kappa shape index (κ3) is 4.08. The number of carboxylic acid groups (broad SMARTS) is 1. The zero-order chi connectivity index (χ0) is 8.36. The second kappa shape index (κ2) is 2.83. The van der Waals surface area contributed by atoms with Crippen LogP contribution in [-0.4, -0.2) is 20.9 Å². The molecule has 0 fully saturated rings. The maximum absolute atomic E-state index is 10.0. The number of carbonyl (C=O) groups is 1. The Labute approximate surface area is 56.4 Å². The first-order valence-corrected chi connectivity index (χ1v) is 3.70. The molecule has 0 unspecified atom stereocenters. The van der Waals surface area contributed by atoms with Crippen molar-refractivity contribution in [2.24, 2.45) is 0 Å². The predicted octanol–water partition coefficient (Wildman–Crippen LogP) is -0.733. The average Bonchev–Trinajstić information content (AvgIpc) is 1.60. The molecule has 0 aliphatic rings. The van der Waals surface area contributed by atoms with E-state index in [0.717, 1.165) is 0 Å². The highest BCUT2D eigenvalue weighted by molar-refractivity contribution is 7.49. The third-order valence-corrected chi connectivity index (χ3v) is 1.10. The number of carboxylic acids is 1. The molecular weight excluding hydrogens is 161 g/mol. The molecule has 0 aromatic carbocycles. The molecule has 0 amide bonds. The summed E-state index contributed by atoms with van der Waals surface area (Å²) in [6.45, 7) is 2.84. The van der Waals surface area contributed by atoms with E-state index in [1.54, 1.807) is 0 Å². The highest BCUT2D eigenvalue weighted by atomic mass is 31.2. The molecule has 7 heteroatoms. The van der Waals surface area contributed by atoms with Crippen LogP contribution in [0.2, 0.25) is 0 Å². The van der Waals surface area contributed by atoms with Gasteiger partial charge in [0.15, 0.2) is 0 Å². The summed E-state index contributed by atoms with van der Waals surface area (Å²) in [7, 11) is -4.51. The normalized spacial score (nSPS) is 10.6. The molecule has 0 radical (unpaired) electrons. The molecule has 0 saturated heterocycles. The smallest absolute Gasteiger partial charge is 0.427 e. The molecule has 0 aliphatic carbocycles. The molecule has 0 atom stereocenters. The van der Waals surface area contributed by atoms with Gasteiger partial charge >= 0.3 is 13.7 Å². The first-order chi connectivity index (χ1) is 4.33. The lowest BCUT2D eigenvalue weighted by Crippen LogP contribution is -2.15. The Bertz CT molecular complexity index is 205. The van der Waals surface area contributed by atoms with E-state index in [2.05, 4.69) is 6.58 Å². The average molecular weight is 167 g/mol. The van der Waals surface area contributed by atoms with Crippen molar-refractivity contribution in [3.05, 3.63) is 12.3 Å². The van der Waals surface area contributed by atoms with Crippen molar-refractivity contribution in [3.63, 3.8) is 0 Å². The van der Waals surface area contributed by atoms with Crippen molar-refractivity contribution in [3.8, 4) is 0 Å². The zero-order valence-corrected chi connectivity index (χ0v) is 5.71. The Morgan fingerprint density at radius 1 is 1.50 bits per heavy atom. The van der Waals surface area contributed by atoms with E-state index in [1.807, 2.05) is 0 Å². The SMILES string of the molecule is C=C(NP(=O)(O)O)C(=O)O. The van der Waals surface area contributed by atoms with Gasteiger partial charge in [0, 0.05) is 0 Å². The second-order valence-electron chi connectivity index (χ2n) is 1.44. The van der Waals surface area contributed by atoms with Gasteiger partial charge in [-0.1, -0.05) is 6.58 Å². The van der Waals surface area contributed by atoms with E-state index in [0.29, 0.717) is 0 Å². The molecule has 6 nitrogen and oxygen atoms in total. The Kier molecular flexibility index (Phi) is 2.59. The highest BCUT2D eigenvalue weighted by Crippen LogP contribution is 2.29. The van der Waals surface area contributed by atoms with Crippen molar-refractivity contribution in [2.75, 3.05) is 0 Å². The minimum absolute atomic E-state index is 0.728. The van der Waals surface area contributed by atoms with Gasteiger partial charge in [0.2, 0.25) is 0 Å². The Hall–Kier alpha value is -0.840. The van der Waals surface area contributed by atoms with Gasteiger partial charge in [-0.25, -0.2) is 9.36 Å². The topological polar surface area (TPSA) is 107 Å². The Morgan fingerprint density at radius 2 is 1.90 bits per heavy atom. The van der Waals surface area contributed by atoms with Gasteiger partial charge in [0.05, 0.1) is 0 Å². The first-order valence-electron chi connectivity index (χ1n) is 2.09. The lowest BCUT2D eigenvalue weighted by molar-refractivity contribution is -0.132. The fraction of sp³-hybridized carbons (Fsp3) is 0. The largest absolute Gasteiger partial charge is 0.477 e. The zero-order valence-electron chi connectivity index (χ0n) is 4.81. The fourth-order valence-corrected chi connectivity index (χ4v) is 0.671. The van der Waals surface area contributed by atoms with Crippen molar-refractivity contribution in [2.45, 2.75) is 0 Å². The minimum Gasteiger partial charge on any atom is -0.477 e. The summed E-state index contributed by atoms with van der Waals surface area (Å²) >= 11 is 0. The summed E-state index contributed by atoms with van der Waals surface area (Å²) in [5.74, 6) is -1.50. The van der Waals surface area contributed by atoms with E-state index in [4.69, 9.17) is 14.9 Å². The molecule has 0 saturated carbocycles. The molecule has 0 aromatic heterocycles. The summed E-state index contributed by atoms with van der Waals surface area (Å²) in [6.07, 6.45) is 0. The van der Waals surface area contributed by atoms with E-state index in [-0.39, 0.29) is 0 Å². The number of hydrogen-bond acceptors (Lipinski definition) is 2. The summed E-state index contributed by atoms with van der Waals surface area (Å²) in [5, 5.41) is 9.43. The minimum atomic E-state index is -4.51. The van der Waals surface area contributed by atoms with Crippen LogP contribution in [0.15, 0.2) is 12.3 Å².